The van der Waals surface area contributed by atoms with E-state index in [1.165, 1.54) is 6.07 Å². The Morgan fingerprint density at radius 2 is 1.88 bits per heavy atom. The van der Waals surface area contributed by atoms with Gasteiger partial charge in [0.1, 0.15) is 22.7 Å². The standard InChI is InChI=1S/C16H14BrIN2O6/c1-2-3-26-12-7(4-6(17)5-8(12)18)9-10(15(22)23)13(19)20-14(21)11(9)16(24)25/h4-5H,2-3H2,1H3,(H,22,23)(H,24,25)(H3,19,20,21). The van der Waals surface area contributed by atoms with Crippen molar-refractivity contribution in [2.24, 2.45) is 0 Å². The van der Waals surface area contributed by atoms with Crippen LogP contribution < -0.4 is 16.0 Å². The van der Waals surface area contributed by atoms with Gasteiger partial charge in [-0.3, -0.25) is 4.79 Å². The maximum Gasteiger partial charge on any atom is 0.342 e. The Hall–Kier alpha value is -2.08. The molecular weight excluding hydrogens is 523 g/mol. The fourth-order valence-electron chi connectivity index (χ4n) is 2.41. The average Bonchev–Trinajstić information content (AvgIpc) is 2.51. The van der Waals surface area contributed by atoms with Gasteiger partial charge in [0.15, 0.2) is 0 Å². The summed E-state index contributed by atoms with van der Waals surface area (Å²) in [5.41, 5.74) is 3.32. The first-order chi connectivity index (χ1) is 12.2. The fraction of sp³-hybridized carbons (Fsp3) is 0.188. The van der Waals surface area contributed by atoms with Crippen molar-refractivity contribution in [3.63, 3.8) is 0 Å². The smallest absolute Gasteiger partial charge is 0.342 e. The van der Waals surface area contributed by atoms with Gasteiger partial charge in [-0.1, -0.05) is 22.9 Å². The molecule has 1 aromatic heterocycles. The molecule has 0 aliphatic rings. The molecule has 0 fully saturated rings. The van der Waals surface area contributed by atoms with Crippen molar-refractivity contribution in [2.75, 3.05) is 12.3 Å². The summed E-state index contributed by atoms with van der Waals surface area (Å²) < 4.78 is 6.89. The molecule has 26 heavy (non-hydrogen) atoms. The lowest BCUT2D eigenvalue weighted by molar-refractivity contribution is 0.0695. The van der Waals surface area contributed by atoms with Gasteiger partial charge in [0.05, 0.1) is 10.2 Å². The van der Waals surface area contributed by atoms with E-state index >= 15 is 0 Å². The molecule has 0 radical (unpaired) electrons. The van der Waals surface area contributed by atoms with Crippen LogP contribution in [-0.4, -0.2) is 33.7 Å². The number of aromatic amines is 1. The van der Waals surface area contributed by atoms with Crippen LogP contribution >= 0.6 is 38.5 Å². The second-order valence-electron chi connectivity index (χ2n) is 5.22. The summed E-state index contributed by atoms with van der Waals surface area (Å²) in [5.74, 6) is -3.18. The molecule has 10 heteroatoms. The predicted octanol–water partition coefficient (Wildman–Crippen LogP) is 3.18. The summed E-state index contributed by atoms with van der Waals surface area (Å²) in [6.45, 7) is 2.22. The van der Waals surface area contributed by atoms with Crippen molar-refractivity contribution < 1.29 is 24.5 Å². The highest BCUT2D eigenvalue weighted by molar-refractivity contribution is 14.1. The molecule has 1 aromatic carbocycles. The summed E-state index contributed by atoms with van der Waals surface area (Å²) in [7, 11) is 0. The lowest BCUT2D eigenvalue weighted by atomic mass is 9.94. The summed E-state index contributed by atoms with van der Waals surface area (Å²) >= 11 is 5.29. The first-order valence-corrected chi connectivity index (χ1v) is 9.20. The maximum absolute atomic E-state index is 12.2. The van der Waals surface area contributed by atoms with Gasteiger partial charge in [0, 0.05) is 15.6 Å². The van der Waals surface area contributed by atoms with E-state index in [0.717, 1.165) is 0 Å². The second kappa shape index (κ2) is 8.08. The SMILES string of the molecule is CCCOc1c(I)cc(Br)cc1-c1c(C(=O)O)c(N)[nH]c(=O)c1C(=O)O. The van der Waals surface area contributed by atoms with Crippen molar-refractivity contribution in [2.45, 2.75) is 13.3 Å². The molecule has 0 spiro atoms. The lowest BCUT2D eigenvalue weighted by Gasteiger charge is -2.17. The second-order valence-corrected chi connectivity index (χ2v) is 7.29. The van der Waals surface area contributed by atoms with E-state index in [1.807, 2.05) is 29.5 Å². The molecule has 5 N–H and O–H groups in total. The number of benzene rings is 1. The Morgan fingerprint density at radius 3 is 2.42 bits per heavy atom. The summed E-state index contributed by atoms with van der Waals surface area (Å²) in [6, 6.07) is 3.23. The van der Waals surface area contributed by atoms with Gasteiger partial charge >= 0.3 is 11.9 Å². The van der Waals surface area contributed by atoms with Crippen LogP contribution in [0, 0.1) is 3.57 Å². The minimum Gasteiger partial charge on any atom is -0.492 e. The zero-order chi connectivity index (χ0) is 19.6. The molecule has 138 valence electrons. The molecule has 0 amide bonds. The molecule has 2 rings (SSSR count). The number of halogens is 2. The minimum absolute atomic E-state index is 0.157. The summed E-state index contributed by atoms with van der Waals surface area (Å²) in [6.07, 6.45) is 0.681. The van der Waals surface area contributed by atoms with E-state index in [-0.39, 0.29) is 16.9 Å². The Kier molecular flexibility index (Phi) is 6.29. The molecule has 1 heterocycles. The van der Waals surface area contributed by atoms with E-state index < -0.39 is 34.4 Å². The van der Waals surface area contributed by atoms with E-state index in [2.05, 4.69) is 20.9 Å². The van der Waals surface area contributed by atoms with Crippen molar-refractivity contribution in [3.05, 3.63) is 41.7 Å². The predicted molar refractivity (Wildman–Crippen MR) is 107 cm³/mol. The molecular formula is C16H14BrIN2O6. The number of aromatic carboxylic acids is 2. The van der Waals surface area contributed by atoms with Gasteiger partial charge in [-0.05, 0) is 41.1 Å². The van der Waals surface area contributed by atoms with Crippen molar-refractivity contribution in [1.29, 1.82) is 0 Å². The number of ether oxygens (including phenoxy) is 1. The lowest BCUT2D eigenvalue weighted by Crippen LogP contribution is -2.24. The number of anilines is 1. The topological polar surface area (TPSA) is 143 Å². The van der Waals surface area contributed by atoms with Crippen LogP contribution in [0.2, 0.25) is 0 Å². The third kappa shape index (κ3) is 3.85. The van der Waals surface area contributed by atoms with E-state index in [4.69, 9.17) is 10.5 Å². The first-order valence-electron chi connectivity index (χ1n) is 7.33. The molecule has 2 aromatic rings. The number of carboxylic acid groups (broad SMARTS) is 2. The van der Waals surface area contributed by atoms with Gasteiger partial charge in [0.25, 0.3) is 5.56 Å². The number of nitrogens with two attached hydrogens (primary N) is 1. The van der Waals surface area contributed by atoms with Crippen LogP contribution in [0.3, 0.4) is 0 Å². The molecule has 0 unspecified atom stereocenters. The molecule has 0 bridgehead atoms. The van der Waals surface area contributed by atoms with Crippen LogP contribution in [0.5, 0.6) is 5.75 Å². The number of nitrogen functional groups attached to an aromatic ring is 1. The number of H-pyrrole nitrogens is 1. The zero-order valence-electron chi connectivity index (χ0n) is 13.4. The molecule has 0 saturated carbocycles. The molecule has 8 nitrogen and oxygen atoms in total. The number of rotatable bonds is 6. The largest absolute Gasteiger partial charge is 0.492 e. The minimum atomic E-state index is -1.57. The number of pyridine rings is 1. The third-order valence-corrected chi connectivity index (χ3v) is 4.66. The average molecular weight is 537 g/mol. The van der Waals surface area contributed by atoms with Crippen LogP contribution in [0.25, 0.3) is 11.1 Å². The highest BCUT2D eigenvalue weighted by atomic mass is 127. The number of hydrogen-bond donors (Lipinski definition) is 4. The maximum atomic E-state index is 12.2. The normalized spacial score (nSPS) is 10.6. The summed E-state index contributed by atoms with van der Waals surface area (Å²) in [5, 5.41) is 19.1. The van der Waals surface area contributed by atoms with Gasteiger partial charge < -0.3 is 25.7 Å². The van der Waals surface area contributed by atoms with E-state index in [9.17, 15) is 24.6 Å². The van der Waals surface area contributed by atoms with Crippen LogP contribution in [0.4, 0.5) is 5.82 Å². The quantitative estimate of drug-likeness (QED) is 0.415. The van der Waals surface area contributed by atoms with E-state index in [0.29, 0.717) is 21.1 Å². The van der Waals surface area contributed by atoms with Gasteiger partial charge in [-0.2, -0.15) is 0 Å². The highest BCUT2D eigenvalue weighted by Crippen LogP contribution is 2.40. The number of carbonyl (C=O) groups is 2. The molecule has 0 saturated heterocycles. The van der Waals surface area contributed by atoms with Crippen LogP contribution in [0.15, 0.2) is 21.4 Å². The number of carboxylic acids is 2. The number of nitrogens with one attached hydrogen (secondary N) is 1. The first kappa shape index (κ1) is 20.2. The van der Waals surface area contributed by atoms with Crippen LogP contribution in [0.1, 0.15) is 34.1 Å². The Morgan fingerprint density at radius 1 is 1.27 bits per heavy atom. The highest BCUT2D eigenvalue weighted by Gasteiger charge is 2.29. The zero-order valence-corrected chi connectivity index (χ0v) is 17.2. The molecule has 0 aliphatic carbocycles. The Bertz CT molecular complexity index is 957. The van der Waals surface area contributed by atoms with Crippen LogP contribution in [-0.2, 0) is 0 Å². The van der Waals surface area contributed by atoms with Crippen molar-refractivity contribution in [1.82, 2.24) is 4.98 Å². The van der Waals surface area contributed by atoms with Gasteiger partial charge in [-0.25, -0.2) is 9.59 Å². The van der Waals surface area contributed by atoms with Gasteiger partial charge in [0.2, 0.25) is 0 Å². The number of hydrogen-bond acceptors (Lipinski definition) is 5. The molecule has 0 aliphatic heterocycles. The monoisotopic (exact) mass is 536 g/mol. The van der Waals surface area contributed by atoms with Gasteiger partial charge in [-0.15, -0.1) is 0 Å². The number of aromatic nitrogens is 1. The fourth-order valence-corrected chi connectivity index (χ4v) is 4.08. The molecule has 0 atom stereocenters. The Balaban J connectivity index is 3.02. The third-order valence-electron chi connectivity index (χ3n) is 3.40. The van der Waals surface area contributed by atoms with Crippen molar-refractivity contribution >= 4 is 56.3 Å². The Labute approximate surface area is 169 Å². The van der Waals surface area contributed by atoms with Crippen molar-refractivity contribution in [3.8, 4) is 16.9 Å². The summed E-state index contributed by atoms with van der Waals surface area (Å²) in [4.78, 5) is 37.7. The van der Waals surface area contributed by atoms with E-state index in [1.54, 1.807) is 6.07 Å².